The standard InChI is InChI=1S/C18H25NO3/c1-12-8-9-15(14(3)10-12)18(21)22-11-17(20)19-16-7-5-4-6-13(16)2/h8-10,13,16H,4-7,11H2,1-3H3,(H,19,20). The van der Waals surface area contributed by atoms with Crippen molar-refractivity contribution in [3.8, 4) is 0 Å². The third kappa shape index (κ3) is 4.33. The highest BCUT2D eigenvalue weighted by atomic mass is 16.5. The average Bonchev–Trinajstić information content (AvgIpc) is 2.47. The van der Waals surface area contributed by atoms with E-state index in [1.165, 1.54) is 6.42 Å². The van der Waals surface area contributed by atoms with Crippen LogP contribution in [-0.2, 0) is 9.53 Å². The van der Waals surface area contributed by atoms with Gasteiger partial charge in [-0.15, -0.1) is 0 Å². The van der Waals surface area contributed by atoms with Crippen molar-refractivity contribution in [1.29, 1.82) is 0 Å². The molecule has 1 aliphatic rings. The van der Waals surface area contributed by atoms with Gasteiger partial charge in [-0.1, -0.05) is 37.5 Å². The predicted octanol–water partition coefficient (Wildman–Crippen LogP) is 3.16. The highest BCUT2D eigenvalue weighted by Crippen LogP contribution is 2.23. The molecule has 1 aliphatic carbocycles. The Morgan fingerprint density at radius 3 is 2.64 bits per heavy atom. The van der Waals surface area contributed by atoms with Crippen LogP contribution in [0, 0.1) is 19.8 Å². The lowest BCUT2D eigenvalue weighted by Crippen LogP contribution is -2.42. The molecule has 2 rings (SSSR count). The van der Waals surface area contributed by atoms with Crippen LogP contribution in [0.15, 0.2) is 18.2 Å². The lowest BCUT2D eigenvalue weighted by Gasteiger charge is -2.29. The fourth-order valence-corrected chi connectivity index (χ4v) is 3.03. The smallest absolute Gasteiger partial charge is 0.338 e. The topological polar surface area (TPSA) is 55.4 Å². The minimum absolute atomic E-state index is 0.209. The molecular weight excluding hydrogens is 278 g/mol. The summed E-state index contributed by atoms with van der Waals surface area (Å²) in [7, 11) is 0. The summed E-state index contributed by atoms with van der Waals surface area (Å²) in [5.41, 5.74) is 2.48. The summed E-state index contributed by atoms with van der Waals surface area (Å²) in [6.45, 7) is 5.79. The molecule has 4 heteroatoms. The molecule has 1 N–H and O–H groups in total. The quantitative estimate of drug-likeness (QED) is 0.869. The van der Waals surface area contributed by atoms with E-state index in [0.29, 0.717) is 11.5 Å². The molecule has 0 saturated heterocycles. The van der Waals surface area contributed by atoms with Crippen LogP contribution in [0.5, 0.6) is 0 Å². The number of carbonyl (C=O) groups excluding carboxylic acids is 2. The number of rotatable bonds is 4. The van der Waals surface area contributed by atoms with Gasteiger partial charge in [-0.25, -0.2) is 4.79 Å². The zero-order chi connectivity index (χ0) is 16.1. The van der Waals surface area contributed by atoms with Gasteiger partial charge in [-0.3, -0.25) is 4.79 Å². The van der Waals surface area contributed by atoms with E-state index in [-0.39, 0.29) is 18.6 Å². The van der Waals surface area contributed by atoms with E-state index in [1.807, 2.05) is 26.0 Å². The van der Waals surface area contributed by atoms with Gasteiger partial charge < -0.3 is 10.1 Å². The van der Waals surface area contributed by atoms with E-state index < -0.39 is 5.97 Å². The van der Waals surface area contributed by atoms with Crippen molar-refractivity contribution in [3.63, 3.8) is 0 Å². The van der Waals surface area contributed by atoms with Gasteiger partial charge >= 0.3 is 5.97 Å². The maximum atomic E-state index is 12.0. The molecule has 2 unspecified atom stereocenters. The van der Waals surface area contributed by atoms with Crippen molar-refractivity contribution in [3.05, 3.63) is 34.9 Å². The molecular formula is C18H25NO3. The Kier molecular flexibility index (Phi) is 5.58. The molecule has 0 radical (unpaired) electrons. The lowest BCUT2D eigenvalue weighted by molar-refractivity contribution is -0.125. The fraction of sp³-hybridized carbons (Fsp3) is 0.556. The molecule has 1 aromatic carbocycles. The average molecular weight is 303 g/mol. The van der Waals surface area contributed by atoms with Gasteiger partial charge in [-0.2, -0.15) is 0 Å². The maximum absolute atomic E-state index is 12.0. The molecule has 120 valence electrons. The monoisotopic (exact) mass is 303 g/mol. The lowest BCUT2D eigenvalue weighted by atomic mass is 9.86. The van der Waals surface area contributed by atoms with E-state index in [1.54, 1.807) is 6.07 Å². The second-order valence-electron chi connectivity index (χ2n) is 6.33. The Labute approximate surface area is 132 Å². The molecule has 0 aliphatic heterocycles. The van der Waals surface area contributed by atoms with Crippen LogP contribution in [0.4, 0.5) is 0 Å². The SMILES string of the molecule is Cc1ccc(C(=O)OCC(=O)NC2CCCCC2C)c(C)c1. The van der Waals surface area contributed by atoms with E-state index in [2.05, 4.69) is 12.2 Å². The second-order valence-corrected chi connectivity index (χ2v) is 6.33. The van der Waals surface area contributed by atoms with Crippen LogP contribution in [0.1, 0.15) is 54.1 Å². The Morgan fingerprint density at radius 2 is 1.95 bits per heavy atom. The summed E-state index contributed by atoms with van der Waals surface area (Å²) < 4.78 is 5.14. The van der Waals surface area contributed by atoms with E-state index in [9.17, 15) is 9.59 Å². The summed E-state index contributed by atoms with van der Waals surface area (Å²) in [5.74, 6) is -0.158. The molecule has 22 heavy (non-hydrogen) atoms. The molecule has 1 amide bonds. The first kappa shape index (κ1) is 16.5. The number of ether oxygens (including phenoxy) is 1. The molecule has 0 spiro atoms. The number of carbonyl (C=O) groups is 2. The molecule has 0 aromatic heterocycles. The maximum Gasteiger partial charge on any atom is 0.338 e. The Morgan fingerprint density at radius 1 is 1.23 bits per heavy atom. The van der Waals surface area contributed by atoms with Gasteiger partial charge in [0.1, 0.15) is 0 Å². The number of esters is 1. The first-order chi connectivity index (χ1) is 10.5. The van der Waals surface area contributed by atoms with Crippen LogP contribution in [0.25, 0.3) is 0 Å². The summed E-state index contributed by atoms with van der Waals surface area (Å²) >= 11 is 0. The Hall–Kier alpha value is -1.84. The van der Waals surface area contributed by atoms with E-state index in [0.717, 1.165) is 30.4 Å². The number of benzene rings is 1. The van der Waals surface area contributed by atoms with Gasteiger partial charge in [0.2, 0.25) is 0 Å². The third-order valence-corrected chi connectivity index (χ3v) is 4.39. The van der Waals surface area contributed by atoms with Crippen molar-refractivity contribution in [2.24, 2.45) is 5.92 Å². The number of aryl methyl sites for hydroxylation is 2. The largest absolute Gasteiger partial charge is 0.452 e. The summed E-state index contributed by atoms with van der Waals surface area (Å²) in [5, 5.41) is 2.98. The fourth-order valence-electron chi connectivity index (χ4n) is 3.03. The normalized spacial score (nSPS) is 21.2. The minimum atomic E-state index is -0.440. The summed E-state index contributed by atoms with van der Waals surface area (Å²) in [4.78, 5) is 24.0. The summed E-state index contributed by atoms with van der Waals surface area (Å²) in [6.07, 6.45) is 4.54. The number of hydrogen-bond acceptors (Lipinski definition) is 3. The first-order valence-electron chi connectivity index (χ1n) is 8.01. The molecule has 2 atom stereocenters. The molecule has 0 bridgehead atoms. The zero-order valence-corrected chi connectivity index (χ0v) is 13.6. The summed E-state index contributed by atoms with van der Waals surface area (Å²) in [6, 6.07) is 5.75. The number of nitrogens with one attached hydrogen (secondary N) is 1. The Bertz CT molecular complexity index is 553. The van der Waals surface area contributed by atoms with Crippen LogP contribution in [0.3, 0.4) is 0 Å². The first-order valence-corrected chi connectivity index (χ1v) is 8.01. The van der Waals surface area contributed by atoms with Gasteiger partial charge in [-0.05, 0) is 44.2 Å². The van der Waals surface area contributed by atoms with Crippen molar-refractivity contribution >= 4 is 11.9 Å². The van der Waals surface area contributed by atoms with E-state index >= 15 is 0 Å². The number of hydrogen-bond donors (Lipinski definition) is 1. The van der Waals surface area contributed by atoms with Gasteiger partial charge in [0, 0.05) is 6.04 Å². The van der Waals surface area contributed by atoms with Crippen molar-refractivity contribution in [2.45, 2.75) is 52.5 Å². The van der Waals surface area contributed by atoms with Crippen LogP contribution in [0.2, 0.25) is 0 Å². The van der Waals surface area contributed by atoms with Crippen molar-refractivity contribution in [1.82, 2.24) is 5.32 Å². The van der Waals surface area contributed by atoms with Crippen LogP contribution in [-0.4, -0.2) is 24.5 Å². The van der Waals surface area contributed by atoms with Crippen LogP contribution >= 0.6 is 0 Å². The van der Waals surface area contributed by atoms with Gasteiger partial charge in [0.15, 0.2) is 6.61 Å². The molecule has 0 heterocycles. The number of amides is 1. The van der Waals surface area contributed by atoms with Gasteiger partial charge in [0.05, 0.1) is 5.56 Å². The van der Waals surface area contributed by atoms with Crippen molar-refractivity contribution < 1.29 is 14.3 Å². The highest BCUT2D eigenvalue weighted by Gasteiger charge is 2.23. The van der Waals surface area contributed by atoms with Crippen LogP contribution < -0.4 is 5.32 Å². The highest BCUT2D eigenvalue weighted by molar-refractivity contribution is 5.92. The van der Waals surface area contributed by atoms with Gasteiger partial charge in [0.25, 0.3) is 5.91 Å². The third-order valence-electron chi connectivity index (χ3n) is 4.39. The molecule has 1 aromatic rings. The molecule has 1 fully saturated rings. The zero-order valence-electron chi connectivity index (χ0n) is 13.6. The van der Waals surface area contributed by atoms with E-state index in [4.69, 9.17) is 4.74 Å². The predicted molar refractivity (Wildman–Crippen MR) is 85.8 cm³/mol. The molecule has 4 nitrogen and oxygen atoms in total. The molecule has 1 saturated carbocycles. The second kappa shape index (κ2) is 7.43. The Balaban J connectivity index is 1.84. The minimum Gasteiger partial charge on any atom is -0.452 e. The van der Waals surface area contributed by atoms with Crippen molar-refractivity contribution in [2.75, 3.05) is 6.61 Å².